The highest BCUT2D eigenvalue weighted by Gasteiger charge is 2.46. The Morgan fingerprint density at radius 1 is 1.41 bits per heavy atom. The second-order valence-corrected chi connectivity index (χ2v) is 10.3. The Balaban J connectivity index is 0.000000319. The van der Waals surface area contributed by atoms with Gasteiger partial charge >= 0.3 is 0 Å². The van der Waals surface area contributed by atoms with Gasteiger partial charge in [-0.1, -0.05) is 11.3 Å². The minimum absolute atomic E-state index is 0.0521. The molecule has 198 valence electrons. The molecule has 0 saturated heterocycles. The molecule has 1 aromatic carbocycles. The number of anilines is 1. The van der Waals surface area contributed by atoms with E-state index in [1.807, 2.05) is 26.0 Å². The molecule has 2 amide bonds. The number of thiazole rings is 1. The summed E-state index contributed by atoms with van der Waals surface area (Å²) in [5.74, 6) is 0.0741. The largest absolute Gasteiger partial charge is 0.391 e. The number of H-pyrrole nitrogens is 1. The summed E-state index contributed by atoms with van der Waals surface area (Å²) in [5.41, 5.74) is 8.29. The van der Waals surface area contributed by atoms with E-state index in [2.05, 4.69) is 46.7 Å². The highest BCUT2D eigenvalue weighted by atomic mass is 79.9. The summed E-state index contributed by atoms with van der Waals surface area (Å²) in [6.07, 6.45) is 7.97. The van der Waals surface area contributed by atoms with E-state index in [1.165, 1.54) is 17.5 Å². The van der Waals surface area contributed by atoms with Crippen LogP contribution in [-0.4, -0.2) is 71.1 Å². The number of aromatic nitrogens is 3. The summed E-state index contributed by atoms with van der Waals surface area (Å²) in [6.45, 7) is 5.31. The maximum absolute atomic E-state index is 12.6. The van der Waals surface area contributed by atoms with Crippen LogP contribution in [0.1, 0.15) is 36.4 Å². The van der Waals surface area contributed by atoms with Crippen molar-refractivity contribution in [2.24, 2.45) is 10.7 Å². The zero-order valence-corrected chi connectivity index (χ0v) is 23.6. The number of aliphatic imine (C=N–C) groups is 1. The lowest BCUT2D eigenvalue weighted by atomic mass is 10.2. The van der Waals surface area contributed by atoms with Gasteiger partial charge in [0.05, 0.1) is 35.7 Å². The third-order valence-electron chi connectivity index (χ3n) is 5.82. The number of nitrogens with two attached hydrogens (primary N) is 1. The smallest absolute Gasteiger partial charge is 0.267 e. The normalized spacial score (nSPS) is 14.5. The summed E-state index contributed by atoms with van der Waals surface area (Å²) >= 11 is 4.62. The van der Waals surface area contributed by atoms with E-state index >= 15 is 0 Å². The van der Waals surface area contributed by atoms with Crippen molar-refractivity contribution < 1.29 is 14.3 Å². The van der Waals surface area contributed by atoms with E-state index in [4.69, 9.17) is 10.5 Å². The van der Waals surface area contributed by atoms with Crippen molar-refractivity contribution in [2.45, 2.75) is 32.2 Å². The molecule has 3 aromatic rings. The maximum Gasteiger partial charge on any atom is 0.267 e. The van der Waals surface area contributed by atoms with Gasteiger partial charge in [0.1, 0.15) is 10.7 Å². The van der Waals surface area contributed by atoms with Gasteiger partial charge in [-0.05, 0) is 54.8 Å². The average molecular weight is 592 g/mol. The molecule has 0 aliphatic heterocycles. The number of amides is 2. The first-order valence-corrected chi connectivity index (χ1v) is 13.2. The number of benzene rings is 1. The number of ether oxygens (including phenoxy) is 1. The van der Waals surface area contributed by atoms with Crippen LogP contribution in [0.25, 0.3) is 10.9 Å². The van der Waals surface area contributed by atoms with Crippen molar-refractivity contribution in [3.63, 3.8) is 0 Å². The number of fused-ring (bicyclic) bond motifs is 1. The topological polar surface area (TPSA) is 151 Å². The Labute approximate surface area is 227 Å². The molecule has 0 unspecified atom stereocenters. The molecule has 1 aliphatic carbocycles. The standard InChI is InChI=1S/C17H18BrN7OS.C7H13NO2/c1-3-20-6-9(2)15(19)24-17-21-8-13(27-17)16(26)23-14-10-7-22-25-12(10)5-4-11(14)18;1-8(6-9)7(3-4-7)5-10-2/h4-8,20H,3H2,1-2H3,(H,22,25)(H,23,26)(H2,19,21,24);6H,3-5H2,1-2H3/b9-6-;. The summed E-state index contributed by atoms with van der Waals surface area (Å²) in [5, 5.41) is 14.1. The summed E-state index contributed by atoms with van der Waals surface area (Å²) < 4.78 is 5.76. The molecular weight excluding hydrogens is 560 g/mol. The van der Waals surface area contributed by atoms with Gasteiger partial charge in [0.25, 0.3) is 5.91 Å². The van der Waals surface area contributed by atoms with Gasteiger partial charge in [0.2, 0.25) is 11.5 Å². The minimum Gasteiger partial charge on any atom is -0.391 e. The molecule has 1 fully saturated rings. The van der Waals surface area contributed by atoms with Crippen LogP contribution in [0.5, 0.6) is 0 Å². The first-order chi connectivity index (χ1) is 17.7. The molecule has 0 spiro atoms. The highest BCUT2D eigenvalue weighted by molar-refractivity contribution is 9.10. The fourth-order valence-corrected chi connectivity index (χ4v) is 4.50. The number of amidine groups is 1. The van der Waals surface area contributed by atoms with E-state index in [0.717, 1.165) is 46.7 Å². The number of likely N-dealkylation sites (N-methyl/N-ethyl adjacent to an activating group) is 1. The van der Waals surface area contributed by atoms with Crippen molar-refractivity contribution in [3.05, 3.63) is 45.6 Å². The molecule has 11 nitrogen and oxygen atoms in total. The Bertz CT molecular complexity index is 1300. The Hall–Kier alpha value is -3.29. The first kappa shape index (κ1) is 28.3. The number of carbonyl (C=O) groups excluding carboxylic acids is 2. The highest BCUT2D eigenvalue weighted by Crippen LogP contribution is 2.40. The number of methoxy groups -OCH3 is 1. The number of hydrogen-bond acceptors (Lipinski definition) is 8. The van der Waals surface area contributed by atoms with E-state index in [9.17, 15) is 9.59 Å². The first-order valence-electron chi connectivity index (χ1n) is 11.5. The molecular formula is C24H31BrN8O3S. The fraction of sp³-hybridized carbons (Fsp3) is 0.375. The molecule has 13 heteroatoms. The van der Waals surface area contributed by atoms with Crippen LogP contribution in [0.15, 0.2) is 45.8 Å². The second kappa shape index (κ2) is 12.8. The van der Waals surface area contributed by atoms with Gasteiger partial charge in [-0.3, -0.25) is 14.7 Å². The van der Waals surface area contributed by atoms with Crippen LogP contribution in [0, 0.1) is 0 Å². The van der Waals surface area contributed by atoms with Gasteiger partial charge in [0.15, 0.2) is 0 Å². The summed E-state index contributed by atoms with van der Waals surface area (Å²) in [6, 6.07) is 3.73. The molecule has 1 aliphatic rings. The van der Waals surface area contributed by atoms with Crippen LogP contribution in [0.3, 0.4) is 0 Å². The number of aromatic amines is 1. The van der Waals surface area contributed by atoms with Gasteiger partial charge in [-0.25, -0.2) is 9.98 Å². The summed E-state index contributed by atoms with van der Waals surface area (Å²) in [7, 11) is 3.47. The third kappa shape index (κ3) is 7.14. The molecule has 0 bridgehead atoms. The molecule has 0 radical (unpaired) electrons. The van der Waals surface area contributed by atoms with Crippen molar-refractivity contribution in [1.82, 2.24) is 25.4 Å². The van der Waals surface area contributed by atoms with Crippen molar-refractivity contribution in [2.75, 3.05) is 32.6 Å². The predicted molar refractivity (Wildman–Crippen MR) is 150 cm³/mol. The van der Waals surface area contributed by atoms with Crippen LogP contribution in [0.4, 0.5) is 10.8 Å². The molecule has 37 heavy (non-hydrogen) atoms. The SMILES string of the molecule is CCN/C=C(C)\C(N)=N/c1ncc(C(=O)Nc2c(Br)ccc3[nH]ncc23)s1.COCC1(N(C)C=O)CC1. The number of rotatable bonds is 10. The third-order valence-corrected chi connectivity index (χ3v) is 7.37. The van der Waals surface area contributed by atoms with Crippen LogP contribution in [-0.2, 0) is 9.53 Å². The van der Waals surface area contributed by atoms with Gasteiger partial charge in [-0.15, -0.1) is 0 Å². The van der Waals surface area contributed by atoms with E-state index in [0.29, 0.717) is 28.1 Å². The Morgan fingerprint density at radius 2 is 2.16 bits per heavy atom. The zero-order valence-electron chi connectivity index (χ0n) is 21.2. The molecule has 2 heterocycles. The predicted octanol–water partition coefficient (Wildman–Crippen LogP) is 3.79. The van der Waals surface area contributed by atoms with Crippen molar-refractivity contribution in [1.29, 1.82) is 0 Å². The van der Waals surface area contributed by atoms with E-state index in [1.54, 1.807) is 31.5 Å². The lowest BCUT2D eigenvalue weighted by Crippen LogP contribution is -2.36. The van der Waals surface area contributed by atoms with Crippen molar-refractivity contribution >= 4 is 67.1 Å². The van der Waals surface area contributed by atoms with Gasteiger partial charge in [-0.2, -0.15) is 5.10 Å². The van der Waals surface area contributed by atoms with E-state index < -0.39 is 0 Å². The fourth-order valence-electron chi connectivity index (χ4n) is 3.36. The Kier molecular flexibility index (Phi) is 9.78. The number of nitrogens with zero attached hydrogens (tertiary/aromatic N) is 4. The quantitative estimate of drug-likeness (QED) is 0.159. The molecule has 0 atom stereocenters. The number of hydrogen-bond donors (Lipinski definition) is 4. The maximum atomic E-state index is 12.6. The number of nitrogens with one attached hydrogen (secondary N) is 3. The monoisotopic (exact) mass is 590 g/mol. The van der Waals surface area contributed by atoms with Gasteiger partial charge in [0, 0.05) is 42.3 Å². The zero-order chi connectivity index (χ0) is 27.0. The molecule has 5 N–H and O–H groups in total. The van der Waals surface area contributed by atoms with E-state index in [-0.39, 0.29) is 11.4 Å². The van der Waals surface area contributed by atoms with Crippen LogP contribution >= 0.6 is 27.3 Å². The molecule has 1 saturated carbocycles. The number of carbonyl (C=O) groups is 2. The van der Waals surface area contributed by atoms with Gasteiger partial charge < -0.3 is 26.0 Å². The summed E-state index contributed by atoms with van der Waals surface area (Å²) in [4.78, 5) is 33.5. The number of halogens is 1. The lowest BCUT2D eigenvalue weighted by Gasteiger charge is -2.22. The van der Waals surface area contributed by atoms with Crippen LogP contribution in [0.2, 0.25) is 0 Å². The average Bonchev–Trinajstić information content (AvgIpc) is 3.28. The molecule has 2 aromatic heterocycles. The lowest BCUT2D eigenvalue weighted by molar-refractivity contribution is -0.120. The minimum atomic E-state index is -0.276. The molecule has 4 rings (SSSR count). The van der Waals surface area contributed by atoms with Crippen LogP contribution < -0.4 is 16.4 Å². The van der Waals surface area contributed by atoms with Crippen molar-refractivity contribution in [3.8, 4) is 0 Å². The Morgan fingerprint density at radius 3 is 2.81 bits per heavy atom. The second-order valence-electron chi connectivity index (χ2n) is 8.47.